The lowest BCUT2D eigenvalue weighted by molar-refractivity contribution is -0.116. The van der Waals surface area contributed by atoms with Crippen molar-refractivity contribution in [1.29, 1.82) is 0 Å². The van der Waals surface area contributed by atoms with Gasteiger partial charge in [0.2, 0.25) is 5.91 Å². The van der Waals surface area contributed by atoms with Gasteiger partial charge in [0.15, 0.2) is 5.65 Å². The number of hydrogen-bond donors (Lipinski definition) is 1. The second-order valence-corrected chi connectivity index (χ2v) is 7.65. The van der Waals surface area contributed by atoms with Crippen LogP contribution in [0.4, 0.5) is 5.69 Å². The summed E-state index contributed by atoms with van der Waals surface area (Å²) in [6.45, 7) is 5.64. The SMILES string of the molecule is Cc1ccc(Cl)cc1-n1ncc2c(=O)n(CC(=O)Nc3c(C)cccc3C)cnc21. The van der Waals surface area contributed by atoms with Gasteiger partial charge in [0.05, 0.1) is 11.9 Å². The maximum absolute atomic E-state index is 12.9. The number of rotatable bonds is 4. The zero-order valence-electron chi connectivity index (χ0n) is 16.8. The summed E-state index contributed by atoms with van der Waals surface area (Å²) in [6, 6.07) is 11.2. The molecule has 0 fully saturated rings. The number of fused-ring (bicyclic) bond motifs is 1. The number of hydrogen-bond acceptors (Lipinski definition) is 4. The van der Waals surface area contributed by atoms with Crippen molar-refractivity contribution in [2.24, 2.45) is 0 Å². The summed E-state index contributed by atoms with van der Waals surface area (Å²) in [5.74, 6) is -0.297. The molecule has 30 heavy (non-hydrogen) atoms. The Hall–Kier alpha value is -3.45. The molecule has 1 amide bonds. The average molecular weight is 422 g/mol. The van der Waals surface area contributed by atoms with Crippen molar-refractivity contribution < 1.29 is 4.79 Å². The lowest BCUT2D eigenvalue weighted by atomic mass is 10.1. The van der Waals surface area contributed by atoms with Gasteiger partial charge < -0.3 is 5.32 Å². The molecule has 0 aliphatic heterocycles. The molecule has 0 aliphatic rings. The van der Waals surface area contributed by atoms with Crippen molar-refractivity contribution in [2.75, 3.05) is 5.32 Å². The Morgan fingerprint density at radius 3 is 2.57 bits per heavy atom. The molecular formula is C22H20ClN5O2. The van der Waals surface area contributed by atoms with Gasteiger partial charge in [-0.3, -0.25) is 14.2 Å². The van der Waals surface area contributed by atoms with Crippen LogP contribution in [-0.4, -0.2) is 25.2 Å². The summed E-state index contributed by atoms with van der Waals surface area (Å²) in [5.41, 5.74) is 4.45. The predicted octanol–water partition coefficient (Wildman–Crippen LogP) is 3.80. The number of anilines is 1. The van der Waals surface area contributed by atoms with Gasteiger partial charge in [0.1, 0.15) is 18.3 Å². The Morgan fingerprint density at radius 2 is 1.83 bits per heavy atom. The van der Waals surface area contributed by atoms with Crippen molar-refractivity contribution in [3.05, 3.63) is 81.0 Å². The van der Waals surface area contributed by atoms with Gasteiger partial charge in [0, 0.05) is 10.7 Å². The van der Waals surface area contributed by atoms with E-state index < -0.39 is 0 Å². The quantitative estimate of drug-likeness (QED) is 0.543. The number of benzene rings is 2. The summed E-state index contributed by atoms with van der Waals surface area (Å²) in [6.07, 6.45) is 2.83. The van der Waals surface area contributed by atoms with Crippen LogP contribution in [-0.2, 0) is 11.3 Å². The standard InChI is InChI=1S/C22H20ClN5O2/c1-13-7-8-16(23)9-18(13)28-21-17(10-25-28)22(30)27(12-24-21)11-19(29)26-20-14(2)5-4-6-15(20)3/h4-10,12H,11H2,1-3H3,(H,26,29). The van der Waals surface area contributed by atoms with E-state index in [0.29, 0.717) is 16.1 Å². The Bertz CT molecular complexity index is 1320. The zero-order valence-corrected chi connectivity index (χ0v) is 17.6. The Morgan fingerprint density at radius 1 is 1.10 bits per heavy atom. The Balaban J connectivity index is 1.66. The number of nitrogens with zero attached hydrogens (tertiary/aromatic N) is 4. The first-order valence-electron chi connectivity index (χ1n) is 9.41. The third-order valence-electron chi connectivity index (χ3n) is 5.01. The monoisotopic (exact) mass is 421 g/mol. The van der Waals surface area contributed by atoms with E-state index >= 15 is 0 Å². The highest BCUT2D eigenvalue weighted by Crippen LogP contribution is 2.22. The van der Waals surface area contributed by atoms with Crippen LogP contribution < -0.4 is 10.9 Å². The highest BCUT2D eigenvalue weighted by atomic mass is 35.5. The highest BCUT2D eigenvalue weighted by Gasteiger charge is 2.15. The fraction of sp³-hybridized carbons (Fsp3) is 0.182. The average Bonchev–Trinajstić information content (AvgIpc) is 3.13. The van der Waals surface area contributed by atoms with Crippen LogP contribution in [0.1, 0.15) is 16.7 Å². The van der Waals surface area contributed by atoms with Crippen LogP contribution in [0.25, 0.3) is 16.7 Å². The number of aryl methyl sites for hydroxylation is 3. The molecule has 8 heteroatoms. The van der Waals surface area contributed by atoms with Crippen molar-refractivity contribution in [1.82, 2.24) is 19.3 Å². The summed E-state index contributed by atoms with van der Waals surface area (Å²) in [7, 11) is 0. The second-order valence-electron chi connectivity index (χ2n) is 7.22. The molecule has 0 bridgehead atoms. The number of carbonyl (C=O) groups excluding carboxylic acids is 1. The maximum Gasteiger partial charge on any atom is 0.264 e. The second kappa shape index (κ2) is 7.76. The third kappa shape index (κ3) is 3.59. The third-order valence-corrected chi connectivity index (χ3v) is 5.25. The normalized spacial score (nSPS) is 11.1. The summed E-state index contributed by atoms with van der Waals surface area (Å²) >= 11 is 6.12. The molecule has 2 heterocycles. The summed E-state index contributed by atoms with van der Waals surface area (Å²) in [4.78, 5) is 29.8. The molecule has 0 radical (unpaired) electrons. The van der Waals surface area contributed by atoms with E-state index in [1.807, 2.05) is 45.0 Å². The van der Waals surface area contributed by atoms with Crippen molar-refractivity contribution in [3.8, 4) is 5.69 Å². The van der Waals surface area contributed by atoms with E-state index in [-0.39, 0.29) is 18.0 Å². The molecule has 2 aromatic heterocycles. The largest absolute Gasteiger partial charge is 0.324 e. The molecule has 7 nitrogen and oxygen atoms in total. The van der Waals surface area contributed by atoms with Crippen molar-refractivity contribution in [2.45, 2.75) is 27.3 Å². The van der Waals surface area contributed by atoms with Crippen molar-refractivity contribution >= 4 is 34.2 Å². The summed E-state index contributed by atoms with van der Waals surface area (Å²) in [5, 5.41) is 8.10. The van der Waals surface area contributed by atoms with E-state index in [9.17, 15) is 9.59 Å². The minimum atomic E-state index is -0.331. The molecule has 0 saturated carbocycles. The molecule has 0 atom stereocenters. The first-order chi connectivity index (χ1) is 14.3. The van der Waals surface area contributed by atoms with Crippen molar-refractivity contribution in [3.63, 3.8) is 0 Å². The first-order valence-corrected chi connectivity index (χ1v) is 9.78. The molecule has 1 N–H and O–H groups in total. The lowest BCUT2D eigenvalue weighted by Crippen LogP contribution is -2.28. The Kier molecular flexibility index (Phi) is 5.13. The number of amides is 1. The summed E-state index contributed by atoms with van der Waals surface area (Å²) < 4.78 is 2.86. The van der Waals surface area contributed by atoms with E-state index in [4.69, 9.17) is 11.6 Å². The predicted molar refractivity (Wildman–Crippen MR) is 117 cm³/mol. The van der Waals surface area contributed by atoms with Crippen LogP contribution in [0.5, 0.6) is 0 Å². The molecule has 152 valence electrons. The minimum absolute atomic E-state index is 0.142. The van der Waals surface area contributed by atoms with Crippen LogP contribution in [0.2, 0.25) is 5.02 Å². The van der Waals surface area contributed by atoms with Crippen LogP contribution in [0, 0.1) is 20.8 Å². The van der Waals surface area contributed by atoms with Gasteiger partial charge in [-0.2, -0.15) is 5.10 Å². The van der Waals surface area contributed by atoms with Crippen LogP contribution in [0.3, 0.4) is 0 Å². The zero-order chi connectivity index (χ0) is 21.4. The molecule has 0 spiro atoms. The number of aromatic nitrogens is 4. The Labute approximate surface area is 177 Å². The number of carbonyl (C=O) groups is 1. The van der Waals surface area contributed by atoms with E-state index in [1.165, 1.54) is 17.1 Å². The number of halogens is 1. The molecule has 0 unspecified atom stereocenters. The van der Waals surface area contributed by atoms with Gasteiger partial charge in [-0.1, -0.05) is 35.9 Å². The molecular weight excluding hydrogens is 402 g/mol. The van der Waals surface area contributed by atoms with E-state index in [0.717, 1.165) is 28.1 Å². The molecule has 0 aliphatic carbocycles. The van der Waals surface area contributed by atoms with E-state index in [2.05, 4.69) is 15.4 Å². The van der Waals surface area contributed by atoms with Gasteiger partial charge in [-0.25, -0.2) is 9.67 Å². The van der Waals surface area contributed by atoms with Gasteiger partial charge >= 0.3 is 0 Å². The molecule has 0 saturated heterocycles. The molecule has 2 aromatic carbocycles. The van der Waals surface area contributed by atoms with Gasteiger partial charge in [0.25, 0.3) is 5.56 Å². The highest BCUT2D eigenvalue weighted by molar-refractivity contribution is 6.30. The van der Waals surface area contributed by atoms with E-state index in [1.54, 1.807) is 16.8 Å². The van der Waals surface area contributed by atoms with Crippen LogP contribution in [0.15, 0.2) is 53.7 Å². The van der Waals surface area contributed by atoms with Gasteiger partial charge in [-0.05, 0) is 49.6 Å². The van der Waals surface area contributed by atoms with Crippen LogP contribution >= 0.6 is 11.6 Å². The topological polar surface area (TPSA) is 81.8 Å². The molecule has 4 aromatic rings. The fourth-order valence-corrected chi connectivity index (χ4v) is 3.56. The number of nitrogens with one attached hydrogen (secondary N) is 1. The first kappa shape index (κ1) is 19.8. The lowest BCUT2D eigenvalue weighted by Gasteiger charge is -2.12. The number of para-hydroxylation sites is 1. The van der Waals surface area contributed by atoms with Gasteiger partial charge in [-0.15, -0.1) is 0 Å². The fourth-order valence-electron chi connectivity index (χ4n) is 3.39. The maximum atomic E-state index is 12.9. The minimum Gasteiger partial charge on any atom is -0.324 e. The molecule has 4 rings (SSSR count). The smallest absolute Gasteiger partial charge is 0.264 e.